The molecule has 1 aliphatic rings. The number of aromatic nitrogens is 1. The van der Waals surface area contributed by atoms with Crippen LogP contribution in [0.4, 0.5) is 0 Å². The first kappa shape index (κ1) is 17.0. The van der Waals surface area contributed by atoms with E-state index in [1.807, 2.05) is 37.8 Å². The molecule has 3 rings (SSSR count). The van der Waals surface area contributed by atoms with Crippen molar-refractivity contribution in [1.29, 1.82) is 0 Å². The number of ether oxygens (including phenoxy) is 1. The first-order chi connectivity index (χ1) is 11.2. The Morgan fingerprint density at radius 1 is 1.38 bits per heavy atom. The zero-order chi connectivity index (χ0) is 17.6. The van der Waals surface area contributed by atoms with Crippen molar-refractivity contribution in [2.24, 2.45) is 0 Å². The maximum Gasteiger partial charge on any atom is 0.240 e. The number of phenols is 1. The molecule has 2 heterocycles. The van der Waals surface area contributed by atoms with E-state index in [0.717, 1.165) is 34.6 Å². The molecule has 1 aromatic heterocycles. The van der Waals surface area contributed by atoms with Gasteiger partial charge in [-0.05, 0) is 57.7 Å². The number of nitrogens with zero attached hydrogens (tertiary/aromatic N) is 1. The fourth-order valence-corrected chi connectivity index (χ4v) is 4.01. The van der Waals surface area contributed by atoms with Crippen LogP contribution in [0.15, 0.2) is 11.6 Å². The van der Waals surface area contributed by atoms with Crippen LogP contribution in [0, 0.1) is 27.7 Å². The quantitative estimate of drug-likeness (QED) is 0.868. The average molecular weight is 346 g/mol. The summed E-state index contributed by atoms with van der Waals surface area (Å²) >= 11 is 1.66. The molecule has 0 radical (unpaired) electrons. The van der Waals surface area contributed by atoms with E-state index in [0.29, 0.717) is 18.7 Å². The van der Waals surface area contributed by atoms with Crippen molar-refractivity contribution in [3.05, 3.63) is 38.8 Å². The standard InChI is InChI=1S/C19H23NO3S/c1-11-8-16(21)12(2)15-6-7-19(5,23-18(11)15)17(22)9-20-10-24-14(4)13(20)3/h8,10H,6-7,9H2,1-5H3/p+1. The third-order valence-electron chi connectivity index (χ3n) is 5.20. The predicted octanol–water partition coefficient (Wildman–Crippen LogP) is 3.33. The largest absolute Gasteiger partial charge is 0.508 e. The summed E-state index contributed by atoms with van der Waals surface area (Å²) in [6.45, 7) is 10.1. The third kappa shape index (κ3) is 2.71. The summed E-state index contributed by atoms with van der Waals surface area (Å²) in [5.41, 5.74) is 5.05. The molecule has 4 nitrogen and oxygen atoms in total. The average Bonchev–Trinajstić information content (AvgIpc) is 2.85. The Labute approximate surface area is 146 Å². The smallest absolute Gasteiger partial charge is 0.240 e. The van der Waals surface area contributed by atoms with Gasteiger partial charge in [0.2, 0.25) is 17.8 Å². The lowest BCUT2D eigenvalue weighted by molar-refractivity contribution is -0.686. The van der Waals surface area contributed by atoms with E-state index in [1.165, 1.54) is 4.88 Å². The number of thiazole rings is 1. The summed E-state index contributed by atoms with van der Waals surface area (Å²) in [5.74, 6) is 1.14. The molecule has 0 aliphatic carbocycles. The van der Waals surface area contributed by atoms with Crippen LogP contribution in [-0.4, -0.2) is 16.5 Å². The van der Waals surface area contributed by atoms with Crippen LogP contribution in [-0.2, 0) is 17.8 Å². The minimum atomic E-state index is -0.823. The molecular weight excluding hydrogens is 322 g/mol. The molecule has 128 valence electrons. The number of phenolic OH excluding ortho intramolecular Hbond substituents is 1. The van der Waals surface area contributed by atoms with E-state index < -0.39 is 5.60 Å². The number of fused-ring (bicyclic) bond motifs is 1. The number of carbonyl (C=O) groups excluding carboxylic acids is 1. The first-order valence-corrected chi connectivity index (χ1v) is 9.09. The molecule has 1 unspecified atom stereocenters. The fourth-order valence-electron chi connectivity index (χ4n) is 3.21. The maximum atomic E-state index is 12.9. The van der Waals surface area contributed by atoms with Crippen molar-refractivity contribution in [2.75, 3.05) is 0 Å². The van der Waals surface area contributed by atoms with Gasteiger partial charge in [-0.1, -0.05) is 11.3 Å². The van der Waals surface area contributed by atoms with Crippen LogP contribution in [0.5, 0.6) is 11.5 Å². The molecule has 24 heavy (non-hydrogen) atoms. The highest BCUT2D eigenvalue weighted by atomic mass is 32.1. The van der Waals surface area contributed by atoms with Gasteiger partial charge >= 0.3 is 0 Å². The van der Waals surface area contributed by atoms with Gasteiger partial charge in [0.05, 0.1) is 4.88 Å². The van der Waals surface area contributed by atoms with Gasteiger partial charge in [0.1, 0.15) is 11.5 Å². The molecular formula is C19H24NO3S+. The minimum Gasteiger partial charge on any atom is -0.508 e. The molecule has 0 fully saturated rings. The van der Waals surface area contributed by atoms with E-state index in [2.05, 4.69) is 6.92 Å². The van der Waals surface area contributed by atoms with Crippen LogP contribution >= 0.6 is 11.3 Å². The van der Waals surface area contributed by atoms with Crippen molar-refractivity contribution in [3.8, 4) is 11.5 Å². The number of carbonyl (C=O) groups is 1. The molecule has 0 saturated heterocycles. The number of ketones is 1. The highest BCUT2D eigenvalue weighted by Crippen LogP contribution is 2.41. The Balaban J connectivity index is 1.89. The van der Waals surface area contributed by atoms with Crippen molar-refractivity contribution >= 4 is 17.1 Å². The molecule has 0 saturated carbocycles. The Morgan fingerprint density at radius 3 is 2.71 bits per heavy atom. The lowest BCUT2D eigenvalue weighted by Gasteiger charge is -2.35. The number of Topliss-reactive ketones (excluding diaryl/α,β-unsaturated/α-hetero) is 1. The Morgan fingerprint density at radius 2 is 2.08 bits per heavy atom. The summed E-state index contributed by atoms with van der Waals surface area (Å²) in [6, 6.07) is 1.71. The zero-order valence-electron chi connectivity index (χ0n) is 14.9. The molecule has 0 spiro atoms. The monoisotopic (exact) mass is 346 g/mol. The van der Waals surface area contributed by atoms with Gasteiger partial charge in [0.25, 0.3) is 0 Å². The lowest BCUT2D eigenvalue weighted by Crippen LogP contribution is -2.51. The van der Waals surface area contributed by atoms with Gasteiger partial charge < -0.3 is 9.84 Å². The Bertz CT molecular complexity index is 825. The van der Waals surface area contributed by atoms with Gasteiger partial charge in [-0.3, -0.25) is 4.79 Å². The van der Waals surface area contributed by atoms with E-state index >= 15 is 0 Å². The number of aromatic hydroxyl groups is 1. The lowest BCUT2D eigenvalue weighted by atomic mass is 9.86. The molecule has 0 amide bonds. The minimum absolute atomic E-state index is 0.0872. The fraction of sp³-hybridized carbons (Fsp3) is 0.474. The summed E-state index contributed by atoms with van der Waals surface area (Å²) in [5, 5.41) is 10.00. The molecule has 1 aromatic carbocycles. The molecule has 2 aromatic rings. The second kappa shape index (κ2) is 5.88. The Kier molecular flexibility index (Phi) is 4.16. The van der Waals surface area contributed by atoms with E-state index in [-0.39, 0.29) is 5.78 Å². The third-order valence-corrected chi connectivity index (χ3v) is 6.21. The van der Waals surface area contributed by atoms with Gasteiger partial charge in [-0.2, -0.15) is 4.57 Å². The number of aryl methyl sites for hydroxylation is 2. The normalized spacial score (nSPS) is 19.7. The van der Waals surface area contributed by atoms with Crippen LogP contribution in [0.25, 0.3) is 0 Å². The zero-order valence-corrected chi connectivity index (χ0v) is 15.7. The summed E-state index contributed by atoms with van der Waals surface area (Å²) in [7, 11) is 0. The van der Waals surface area contributed by atoms with Crippen molar-refractivity contribution in [1.82, 2.24) is 0 Å². The van der Waals surface area contributed by atoms with Crippen molar-refractivity contribution in [3.63, 3.8) is 0 Å². The number of hydrogen-bond donors (Lipinski definition) is 1. The van der Waals surface area contributed by atoms with Crippen molar-refractivity contribution < 1.29 is 19.2 Å². The first-order valence-electron chi connectivity index (χ1n) is 8.21. The van der Waals surface area contributed by atoms with Crippen LogP contribution in [0.3, 0.4) is 0 Å². The molecule has 1 aliphatic heterocycles. The van der Waals surface area contributed by atoms with Gasteiger partial charge in [-0.15, -0.1) is 0 Å². The molecule has 5 heteroatoms. The summed E-state index contributed by atoms with van der Waals surface area (Å²) in [4.78, 5) is 14.2. The number of hydrogen-bond acceptors (Lipinski definition) is 4. The number of rotatable bonds is 3. The van der Waals surface area contributed by atoms with Gasteiger partial charge in [0, 0.05) is 12.5 Å². The molecule has 1 N–H and O–H groups in total. The highest BCUT2D eigenvalue weighted by Gasteiger charge is 2.42. The van der Waals surface area contributed by atoms with E-state index in [1.54, 1.807) is 17.4 Å². The van der Waals surface area contributed by atoms with E-state index in [4.69, 9.17) is 4.74 Å². The topological polar surface area (TPSA) is 50.4 Å². The summed E-state index contributed by atoms with van der Waals surface area (Å²) < 4.78 is 8.20. The SMILES string of the molecule is Cc1cc(O)c(C)c2c1OC(C)(C(=O)C[n+]1csc(C)c1C)CC2. The van der Waals surface area contributed by atoms with Crippen LogP contribution in [0.1, 0.15) is 40.6 Å². The van der Waals surface area contributed by atoms with Crippen LogP contribution in [0.2, 0.25) is 0 Å². The number of benzene rings is 1. The molecule has 1 atom stereocenters. The maximum absolute atomic E-state index is 12.9. The van der Waals surface area contributed by atoms with Crippen molar-refractivity contribution in [2.45, 2.75) is 59.6 Å². The predicted molar refractivity (Wildman–Crippen MR) is 93.9 cm³/mol. The summed E-state index contributed by atoms with van der Waals surface area (Å²) in [6.07, 6.45) is 1.37. The van der Waals surface area contributed by atoms with Crippen LogP contribution < -0.4 is 9.30 Å². The highest BCUT2D eigenvalue weighted by molar-refractivity contribution is 7.09. The van der Waals surface area contributed by atoms with E-state index in [9.17, 15) is 9.90 Å². The Hall–Kier alpha value is -1.88. The molecule has 0 bridgehead atoms. The second-order valence-corrected chi connectivity index (χ2v) is 7.95. The second-order valence-electron chi connectivity index (χ2n) is 6.89. The van der Waals surface area contributed by atoms with Gasteiger partial charge in [-0.25, -0.2) is 0 Å². The van der Waals surface area contributed by atoms with Gasteiger partial charge in [0.15, 0.2) is 11.3 Å².